The van der Waals surface area contributed by atoms with Crippen molar-refractivity contribution in [2.24, 2.45) is 0 Å². The molecule has 0 N–H and O–H groups in total. The van der Waals surface area contributed by atoms with Crippen molar-refractivity contribution in [2.45, 2.75) is 40.0 Å². The van der Waals surface area contributed by atoms with Crippen LogP contribution in [0, 0.1) is 0 Å². The maximum absolute atomic E-state index is 13.4. The van der Waals surface area contributed by atoms with Crippen LogP contribution in [0.4, 0.5) is 11.4 Å². The summed E-state index contributed by atoms with van der Waals surface area (Å²) >= 11 is 0. The van der Waals surface area contributed by atoms with Crippen molar-refractivity contribution in [1.82, 2.24) is 0 Å². The van der Waals surface area contributed by atoms with E-state index in [1.165, 1.54) is 10.5 Å². The first-order valence-corrected chi connectivity index (χ1v) is 10.9. The largest absolute Gasteiger partial charge is 0.372 e. The third kappa shape index (κ3) is 3.26. The molecule has 4 heteroatoms. The van der Waals surface area contributed by atoms with E-state index in [2.05, 4.69) is 25.7 Å². The van der Waals surface area contributed by atoms with Crippen molar-refractivity contribution < 1.29 is 9.59 Å². The Morgan fingerprint density at radius 3 is 2.13 bits per heavy atom. The Morgan fingerprint density at radius 2 is 1.50 bits per heavy atom. The number of carbonyl (C=O) groups excluding carboxylic acids is 2. The minimum Gasteiger partial charge on any atom is -0.372 e. The smallest absolute Gasteiger partial charge is 0.266 e. The molecule has 4 rings (SSSR count). The fraction of sp³-hybridized carbons (Fsp3) is 0.308. The Labute approximate surface area is 178 Å². The van der Waals surface area contributed by atoms with E-state index in [0.29, 0.717) is 16.8 Å². The van der Waals surface area contributed by atoms with Crippen LogP contribution < -0.4 is 9.80 Å². The van der Waals surface area contributed by atoms with Gasteiger partial charge in [-0.25, -0.2) is 4.90 Å². The van der Waals surface area contributed by atoms with Gasteiger partial charge in [-0.15, -0.1) is 0 Å². The van der Waals surface area contributed by atoms with Gasteiger partial charge in [-0.3, -0.25) is 9.59 Å². The van der Waals surface area contributed by atoms with Gasteiger partial charge in [0.15, 0.2) is 0 Å². The Balaban J connectivity index is 1.80. The molecule has 0 saturated carbocycles. The molecule has 0 saturated heterocycles. The molecule has 1 aliphatic heterocycles. The molecule has 0 fully saturated rings. The summed E-state index contributed by atoms with van der Waals surface area (Å²) in [6.07, 6.45) is 3.28. The first kappa shape index (κ1) is 20.1. The zero-order valence-corrected chi connectivity index (χ0v) is 17.9. The number of imide groups is 1. The van der Waals surface area contributed by atoms with Crippen LogP contribution in [0.2, 0.25) is 0 Å². The van der Waals surface area contributed by atoms with Crippen molar-refractivity contribution in [3.63, 3.8) is 0 Å². The summed E-state index contributed by atoms with van der Waals surface area (Å²) in [5, 5.41) is 1.86. The molecule has 0 unspecified atom stereocenters. The molecule has 154 valence electrons. The van der Waals surface area contributed by atoms with Crippen molar-refractivity contribution in [3.05, 3.63) is 71.3 Å². The second-order valence-corrected chi connectivity index (χ2v) is 7.75. The molecular formula is C26H28N2O2. The van der Waals surface area contributed by atoms with E-state index in [0.717, 1.165) is 48.8 Å². The number of rotatable bonds is 7. The Bertz CT molecular complexity index is 1100. The van der Waals surface area contributed by atoms with Gasteiger partial charge in [0.05, 0.1) is 16.8 Å². The van der Waals surface area contributed by atoms with Crippen molar-refractivity contribution in [3.8, 4) is 0 Å². The first-order valence-electron chi connectivity index (χ1n) is 10.9. The molecule has 0 aromatic heterocycles. The summed E-state index contributed by atoms with van der Waals surface area (Å²) in [7, 11) is 0. The molecule has 3 aromatic carbocycles. The molecule has 1 aliphatic rings. The molecule has 0 aliphatic carbocycles. The lowest BCUT2D eigenvalue weighted by Gasteiger charge is -2.23. The van der Waals surface area contributed by atoms with Crippen LogP contribution in [-0.4, -0.2) is 24.9 Å². The quantitative estimate of drug-likeness (QED) is 0.469. The number of anilines is 2. The van der Waals surface area contributed by atoms with Crippen LogP contribution in [0.3, 0.4) is 0 Å². The Kier molecular flexibility index (Phi) is 5.58. The predicted molar refractivity (Wildman–Crippen MR) is 124 cm³/mol. The summed E-state index contributed by atoms with van der Waals surface area (Å²) in [5.41, 5.74) is 3.88. The molecule has 0 radical (unpaired) electrons. The predicted octanol–water partition coefficient (Wildman–Crippen LogP) is 5.83. The van der Waals surface area contributed by atoms with Crippen LogP contribution >= 0.6 is 0 Å². The molecule has 30 heavy (non-hydrogen) atoms. The Hall–Kier alpha value is -3.14. The van der Waals surface area contributed by atoms with E-state index in [4.69, 9.17) is 0 Å². The topological polar surface area (TPSA) is 40.6 Å². The number of carbonyl (C=O) groups is 2. The van der Waals surface area contributed by atoms with E-state index in [1.807, 2.05) is 54.6 Å². The third-order valence-corrected chi connectivity index (χ3v) is 5.99. The number of fused-ring (bicyclic) bond motifs is 3. The second kappa shape index (κ2) is 8.31. The standard InChI is InChI=1S/C26H28N2O2/c1-4-7-10-18-13-15-19(16-14-18)28-25(29)22-17-23(27(5-2)6-3)20-11-8-9-12-21(20)24(22)26(28)30/h8-9,11-17H,4-7,10H2,1-3H3. The second-order valence-electron chi connectivity index (χ2n) is 7.75. The highest BCUT2D eigenvalue weighted by Gasteiger charge is 2.39. The van der Waals surface area contributed by atoms with E-state index >= 15 is 0 Å². The lowest BCUT2D eigenvalue weighted by Crippen LogP contribution is -2.29. The van der Waals surface area contributed by atoms with Gasteiger partial charge in [0, 0.05) is 24.2 Å². The van der Waals surface area contributed by atoms with Gasteiger partial charge in [0.1, 0.15) is 0 Å². The fourth-order valence-corrected chi connectivity index (χ4v) is 4.33. The molecule has 3 aromatic rings. The van der Waals surface area contributed by atoms with Crippen LogP contribution in [0.25, 0.3) is 10.8 Å². The molecule has 0 atom stereocenters. The lowest BCUT2D eigenvalue weighted by molar-refractivity contribution is 0.0926. The Morgan fingerprint density at radius 1 is 0.833 bits per heavy atom. The number of benzene rings is 3. The highest BCUT2D eigenvalue weighted by atomic mass is 16.2. The van der Waals surface area contributed by atoms with Gasteiger partial charge < -0.3 is 4.90 Å². The fourth-order valence-electron chi connectivity index (χ4n) is 4.33. The zero-order valence-electron chi connectivity index (χ0n) is 17.9. The molecule has 4 nitrogen and oxygen atoms in total. The van der Waals surface area contributed by atoms with E-state index in [9.17, 15) is 9.59 Å². The van der Waals surface area contributed by atoms with Gasteiger partial charge in [-0.1, -0.05) is 49.7 Å². The number of aryl methyl sites for hydroxylation is 1. The SMILES string of the molecule is CCCCc1ccc(N2C(=O)c3cc(N(CC)CC)c4ccccc4c3C2=O)cc1. The minimum absolute atomic E-state index is 0.237. The van der Waals surface area contributed by atoms with Gasteiger partial charge in [0.2, 0.25) is 0 Å². The number of hydrogen-bond donors (Lipinski definition) is 0. The molecule has 0 bridgehead atoms. The number of unbranched alkanes of at least 4 members (excludes halogenated alkanes) is 1. The minimum atomic E-state index is -0.240. The normalized spacial score (nSPS) is 13.2. The monoisotopic (exact) mass is 400 g/mol. The van der Waals surface area contributed by atoms with Gasteiger partial charge in [0.25, 0.3) is 11.8 Å². The maximum Gasteiger partial charge on any atom is 0.266 e. The average Bonchev–Trinajstić information content (AvgIpc) is 3.03. The summed E-state index contributed by atoms with van der Waals surface area (Å²) in [6.45, 7) is 8.05. The highest BCUT2D eigenvalue weighted by molar-refractivity contribution is 6.38. The summed E-state index contributed by atoms with van der Waals surface area (Å²) < 4.78 is 0. The number of amides is 2. The zero-order chi connectivity index (χ0) is 21.3. The van der Waals surface area contributed by atoms with E-state index in [1.54, 1.807) is 0 Å². The lowest BCUT2D eigenvalue weighted by atomic mass is 9.98. The first-order chi connectivity index (χ1) is 14.6. The summed E-state index contributed by atoms with van der Waals surface area (Å²) in [6, 6.07) is 17.6. The molecule has 0 spiro atoms. The van der Waals surface area contributed by atoms with Gasteiger partial charge in [-0.05, 0) is 55.8 Å². The van der Waals surface area contributed by atoms with Crippen molar-refractivity contribution in [2.75, 3.05) is 22.9 Å². The highest BCUT2D eigenvalue weighted by Crippen LogP contribution is 2.38. The van der Waals surface area contributed by atoms with Gasteiger partial charge >= 0.3 is 0 Å². The van der Waals surface area contributed by atoms with E-state index < -0.39 is 0 Å². The average molecular weight is 401 g/mol. The van der Waals surface area contributed by atoms with Crippen molar-refractivity contribution >= 4 is 34.0 Å². The van der Waals surface area contributed by atoms with Gasteiger partial charge in [-0.2, -0.15) is 0 Å². The summed E-state index contributed by atoms with van der Waals surface area (Å²) in [4.78, 5) is 30.3. The molecular weight excluding hydrogens is 372 g/mol. The van der Waals surface area contributed by atoms with Crippen molar-refractivity contribution in [1.29, 1.82) is 0 Å². The summed E-state index contributed by atoms with van der Waals surface area (Å²) in [5.74, 6) is -0.478. The maximum atomic E-state index is 13.4. The number of hydrogen-bond acceptors (Lipinski definition) is 3. The van der Waals surface area contributed by atoms with E-state index in [-0.39, 0.29) is 11.8 Å². The number of nitrogens with zero attached hydrogens (tertiary/aromatic N) is 2. The van der Waals surface area contributed by atoms with Crippen LogP contribution in [0.5, 0.6) is 0 Å². The van der Waals surface area contributed by atoms with Crippen LogP contribution in [-0.2, 0) is 6.42 Å². The molecule has 2 amide bonds. The molecule has 1 heterocycles. The van der Waals surface area contributed by atoms with Crippen LogP contribution in [0.15, 0.2) is 54.6 Å². The third-order valence-electron chi connectivity index (χ3n) is 5.99. The van der Waals surface area contributed by atoms with Crippen LogP contribution in [0.1, 0.15) is 59.9 Å².